The van der Waals surface area contributed by atoms with Gasteiger partial charge < -0.3 is 15.6 Å². The van der Waals surface area contributed by atoms with Crippen molar-refractivity contribution in [3.63, 3.8) is 0 Å². The van der Waals surface area contributed by atoms with E-state index < -0.39 is 24.0 Å². The standard InChI is InChI=1S/C18H28N2O4.ClH/c1-18(2,3)20-15(16(21)22)11-7-10-14(19)17(23)24-12-13-8-5-4-6-9-13;/h4-6,8-9,14-15,20H,7,10-12,19H2,1-3H3,(H,21,22);1H/t14?,15-;/m0./s1. The highest BCUT2D eigenvalue weighted by molar-refractivity contribution is 5.85. The van der Waals surface area contributed by atoms with Crippen molar-refractivity contribution in [2.45, 2.75) is 64.3 Å². The molecular formula is C18H29ClN2O4. The van der Waals surface area contributed by atoms with Gasteiger partial charge in [-0.2, -0.15) is 0 Å². The van der Waals surface area contributed by atoms with Gasteiger partial charge in [0.05, 0.1) is 0 Å². The number of rotatable bonds is 9. The van der Waals surface area contributed by atoms with Gasteiger partial charge in [-0.3, -0.25) is 14.9 Å². The Morgan fingerprint density at radius 3 is 2.32 bits per heavy atom. The first-order valence-corrected chi connectivity index (χ1v) is 8.15. The molecule has 142 valence electrons. The zero-order valence-electron chi connectivity index (χ0n) is 15.0. The minimum Gasteiger partial charge on any atom is -0.480 e. The highest BCUT2D eigenvalue weighted by atomic mass is 35.5. The van der Waals surface area contributed by atoms with Crippen molar-refractivity contribution in [3.8, 4) is 0 Å². The average Bonchev–Trinajstić information content (AvgIpc) is 2.51. The highest BCUT2D eigenvalue weighted by Gasteiger charge is 2.24. The third-order valence-electron chi connectivity index (χ3n) is 3.44. The van der Waals surface area contributed by atoms with Crippen LogP contribution in [0.4, 0.5) is 0 Å². The number of nitrogens with one attached hydrogen (secondary N) is 1. The van der Waals surface area contributed by atoms with Crippen molar-refractivity contribution in [3.05, 3.63) is 35.9 Å². The van der Waals surface area contributed by atoms with Gasteiger partial charge in [-0.1, -0.05) is 30.3 Å². The Hall–Kier alpha value is -1.63. The summed E-state index contributed by atoms with van der Waals surface area (Å²) in [6, 6.07) is 7.98. The Balaban J connectivity index is 0.00000576. The van der Waals surface area contributed by atoms with Crippen LogP contribution in [0.15, 0.2) is 30.3 Å². The molecule has 25 heavy (non-hydrogen) atoms. The van der Waals surface area contributed by atoms with Crippen LogP contribution in [0.5, 0.6) is 0 Å². The summed E-state index contributed by atoms with van der Waals surface area (Å²) >= 11 is 0. The number of benzene rings is 1. The molecule has 4 N–H and O–H groups in total. The van der Waals surface area contributed by atoms with Crippen molar-refractivity contribution in [1.29, 1.82) is 0 Å². The van der Waals surface area contributed by atoms with Gasteiger partial charge in [0.1, 0.15) is 18.7 Å². The highest BCUT2D eigenvalue weighted by Crippen LogP contribution is 2.10. The fourth-order valence-corrected chi connectivity index (χ4v) is 2.28. The molecule has 0 bridgehead atoms. The van der Waals surface area contributed by atoms with E-state index in [2.05, 4.69) is 5.32 Å². The summed E-state index contributed by atoms with van der Waals surface area (Å²) in [7, 11) is 0. The normalized spacial score (nSPS) is 13.4. The summed E-state index contributed by atoms with van der Waals surface area (Å²) in [6.45, 7) is 5.93. The molecule has 1 aromatic carbocycles. The Kier molecular flexibility index (Phi) is 10.4. The largest absolute Gasteiger partial charge is 0.480 e. The van der Waals surface area contributed by atoms with Crippen LogP contribution < -0.4 is 11.1 Å². The van der Waals surface area contributed by atoms with Crippen molar-refractivity contribution in [1.82, 2.24) is 5.32 Å². The minimum atomic E-state index is -0.898. The topological polar surface area (TPSA) is 102 Å². The van der Waals surface area contributed by atoms with E-state index in [1.807, 2.05) is 51.1 Å². The molecule has 0 aromatic heterocycles. The van der Waals surface area contributed by atoms with Gasteiger partial charge in [0.2, 0.25) is 0 Å². The third kappa shape index (κ3) is 10.1. The number of nitrogens with two attached hydrogens (primary N) is 1. The number of ether oxygens (including phenoxy) is 1. The first-order valence-electron chi connectivity index (χ1n) is 8.15. The molecule has 0 heterocycles. The molecule has 0 saturated heterocycles. The minimum absolute atomic E-state index is 0. The SMILES string of the molecule is CC(C)(C)N[C@@H](CCCC(N)C(=O)OCc1ccccc1)C(=O)O.Cl. The van der Waals surface area contributed by atoms with Gasteiger partial charge in [-0.15, -0.1) is 12.4 Å². The fraction of sp³-hybridized carbons (Fsp3) is 0.556. The monoisotopic (exact) mass is 372 g/mol. The predicted molar refractivity (Wildman–Crippen MR) is 99.6 cm³/mol. The molecule has 0 aliphatic carbocycles. The van der Waals surface area contributed by atoms with E-state index >= 15 is 0 Å². The molecule has 6 nitrogen and oxygen atoms in total. The van der Waals surface area contributed by atoms with Crippen LogP contribution in [-0.4, -0.2) is 34.7 Å². The second-order valence-electron chi connectivity index (χ2n) is 6.92. The molecule has 0 radical (unpaired) electrons. The van der Waals surface area contributed by atoms with E-state index in [0.717, 1.165) is 5.56 Å². The van der Waals surface area contributed by atoms with Crippen molar-refractivity contribution in [2.24, 2.45) is 5.73 Å². The van der Waals surface area contributed by atoms with Gasteiger partial charge in [0.15, 0.2) is 0 Å². The third-order valence-corrected chi connectivity index (χ3v) is 3.44. The maximum absolute atomic E-state index is 11.9. The van der Waals surface area contributed by atoms with Gasteiger partial charge in [-0.05, 0) is 45.6 Å². The Morgan fingerprint density at radius 1 is 1.20 bits per heavy atom. The summed E-state index contributed by atoms with van der Waals surface area (Å²) in [5, 5.41) is 12.3. The number of carboxylic acid groups (broad SMARTS) is 1. The van der Waals surface area contributed by atoms with Gasteiger partial charge in [0, 0.05) is 5.54 Å². The van der Waals surface area contributed by atoms with Crippen LogP contribution in [0.1, 0.15) is 45.6 Å². The van der Waals surface area contributed by atoms with Gasteiger partial charge >= 0.3 is 11.9 Å². The molecule has 0 saturated carbocycles. The average molecular weight is 373 g/mol. The summed E-state index contributed by atoms with van der Waals surface area (Å²) in [4.78, 5) is 23.1. The van der Waals surface area contributed by atoms with Gasteiger partial charge in [-0.25, -0.2) is 0 Å². The zero-order valence-corrected chi connectivity index (χ0v) is 15.8. The van der Waals surface area contributed by atoms with E-state index in [4.69, 9.17) is 10.5 Å². The lowest BCUT2D eigenvalue weighted by Gasteiger charge is -2.26. The zero-order chi connectivity index (χ0) is 18.2. The Morgan fingerprint density at radius 2 is 1.80 bits per heavy atom. The Bertz CT molecular complexity index is 532. The molecule has 0 amide bonds. The number of carboxylic acids is 1. The van der Waals surface area contributed by atoms with E-state index in [1.165, 1.54) is 0 Å². The van der Waals surface area contributed by atoms with Crippen LogP contribution in [0, 0.1) is 0 Å². The summed E-state index contributed by atoms with van der Waals surface area (Å²) in [6.07, 6.45) is 1.33. The predicted octanol–water partition coefficient (Wildman–Crippen LogP) is 2.49. The number of hydrogen-bond donors (Lipinski definition) is 3. The van der Waals surface area contributed by atoms with E-state index in [1.54, 1.807) is 0 Å². The number of esters is 1. The van der Waals surface area contributed by atoms with E-state index in [-0.39, 0.29) is 24.6 Å². The molecule has 0 fully saturated rings. The number of halogens is 1. The quantitative estimate of drug-likeness (QED) is 0.575. The summed E-state index contributed by atoms with van der Waals surface area (Å²) in [5.74, 6) is -1.36. The van der Waals surface area contributed by atoms with Crippen LogP contribution in [0.25, 0.3) is 0 Å². The van der Waals surface area contributed by atoms with Gasteiger partial charge in [0.25, 0.3) is 0 Å². The van der Waals surface area contributed by atoms with Crippen molar-refractivity contribution in [2.75, 3.05) is 0 Å². The number of carbonyl (C=O) groups excluding carboxylic acids is 1. The number of hydrogen-bond acceptors (Lipinski definition) is 5. The lowest BCUT2D eigenvalue weighted by atomic mass is 10.0. The fourth-order valence-electron chi connectivity index (χ4n) is 2.28. The molecule has 7 heteroatoms. The second kappa shape index (κ2) is 11.1. The molecule has 1 unspecified atom stereocenters. The van der Waals surface area contributed by atoms with Crippen molar-refractivity contribution < 1.29 is 19.4 Å². The number of aliphatic carboxylic acids is 1. The molecule has 0 aliphatic rings. The smallest absolute Gasteiger partial charge is 0.323 e. The second-order valence-corrected chi connectivity index (χ2v) is 6.92. The lowest BCUT2D eigenvalue weighted by molar-refractivity contribution is -0.146. The molecule has 1 aromatic rings. The first kappa shape index (κ1) is 23.4. The lowest BCUT2D eigenvalue weighted by Crippen LogP contribution is -2.47. The van der Waals surface area contributed by atoms with Crippen LogP contribution in [0.2, 0.25) is 0 Å². The van der Waals surface area contributed by atoms with E-state index in [0.29, 0.717) is 19.3 Å². The molecule has 0 aliphatic heterocycles. The van der Waals surface area contributed by atoms with Crippen LogP contribution in [-0.2, 0) is 20.9 Å². The molecule has 1 rings (SSSR count). The van der Waals surface area contributed by atoms with E-state index in [9.17, 15) is 14.7 Å². The Labute approximate surface area is 155 Å². The molecule has 2 atom stereocenters. The maximum atomic E-state index is 11.9. The first-order chi connectivity index (χ1) is 11.2. The summed E-state index contributed by atoms with van der Waals surface area (Å²) < 4.78 is 5.18. The summed E-state index contributed by atoms with van der Waals surface area (Å²) in [5.41, 5.74) is 6.44. The van der Waals surface area contributed by atoms with Crippen molar-refractivity contribution >= 4 is 24.3 Å². The number of carbonyl (C=O) groups is 2. The molecule has 0 spiro atoms. The molecular weight excluding hydrogens is 344 g/mol. The van der Waals surface area contributed by atoms with Crippen LogP contribution >= 0.6 is 12.4 Å². The van der Waals surface area contributed by atoms with Crippen LogP contribution in [0.3, 0.4) is 0 Å². The maximum Gasteiger partial charge on any atom is 0.323 e.